The fourth-order valence-electron chi connectivity index (χ4n) is 1.70. The third kappa shape index (κ3) is 3.19. The summed E-state index contributed by atoms with van der Waals surface area (Å²) in [5.41, 5.74) is 0.530. The zero-order valence-corrected chi connectivity index (χ0v) is 11.4. The minimum Gasteiger partial charge on any atom is -0.477 e. The molecule has 2 aromatic rings. The van der Waals surface area contributed by atoms with Gasteiger partial charge in [-0.25, -0.2) is 8.78 Å². The highest BCUT2D eigenvalue weighted by Gasteiger charge is 2.22. The van der Waals surface area contributed by atoms with Crippen molar-refractivity contribution in [3.05, 3.63) is 59.7 Å². The average molecular weight is 313 g/mol. The lowest BCUT2D eigenvalue weighted by Gasteiger charge is -2.17. The molecule has 2 rings (SSSR count). The summed E-state index contributed by atoms with van der Waals surface area (Å²) in [5.74, 6) is -8.47. The Kier molecular flexibility index (Phi) is 4.65. The summed E-state index contributed by atoms with van der Waals surface area (Å²) >= 11 is 0. The van der Waals surface area contributed by atoms with Gasteiger partial charge < -0.3 is 9.64 Å². The normalized spacial score (nSPS) is 10.4. The maximum Gasteiger partial charge on any atom is 0.264 e. The van der Waals surface area contributed by atoms with E-state index >= 15 is 0 Å². The minimum absolute atomic E-state index is 0.0649. The third-order valence-electron chi connectivity index (χ3n) is 2.93. The van der Waals surface area contributed by atoms with E-state index in [0.717, 1.165) is 0 Å². The zero-order valence-electron chi connectivity index (χ0n) is 11.4. The van der Waals surface area contributed by atoms with Crippen molar-refractivity contribution in [2.24, 2.45) is 0 Å². The summed E-state index contributed by atoms with van der Waals surface area (Å²) in [6, 6.07) is 8.48. The standard InChI is InChI=1S/C15H11F4NO2/c1-20(9-5-3-2-4-6-9)12(21)8-22-15-13(18)10(16)7-11(17)14(15)19/h2-7H,8H2,1H3. The lowest BCUT2D eigenvalue weighted by molar-refractivity contribution is -0.120. The molecule has 0 saturated carbocycles. The van der Waals surface area contributed by atoms with Gasteiger partial charge in [0.1, 0.15) is 0 Å². The molecular weight excluding hydrogens is 302 g/mol. The number of carbonyl (C=O) groups is 1. The van der Waals surface area contributed by atoms with Crippen LogP contribution in [0.15, 0.2) is 36.4 Å². The van der Waals surface area contributed by atoms with Crippen LogP contribution < -0.4 is 9.64 Å². The Bertz CT molecular complexity index is 665. The van der Waals surface area contributed by atoms with Crippen LogP contribution in [0.3, 0.4) is 0 Å². The highest BCUT2D eigenvalue weighted by Crippen LogP contribution is 2.26. The van der Waals surface area contributed by atoms with Gasteiger partial charge in [-0.15, -0.1) is 0 Å². The highest BCUT2D eigenvalue weighted by molar-refractivity contribution is 5.93. The monoisotopic (exact) mass is 313 g/mol. The van der Waals surface area contributed by atoms with Gasteiger partial charge in [0.15, 0.2) is 24.0 Å². The first kappa shape index (κ1) is 15.8. The van der Waals surface area contributed by atoms with Crippen molar-refractivity contribution in [1.29, 1.82) is 0 Å². The van der Waals surface area contributed by atoms with Crippen LogP contribution in [-0.2, 0) is 4.79 Å². The Balaban J connectivity index is 2.12. The molecule has 22 heavy (non-hydrogen) atoms. The molecule has 0 fully saturated rings. The number of hydrogen-bond acceptors (Lipinski definition) is 2. The van der Waals surface area contributed by atoms with E-state index in [1.54, 1.807) is 30.3 Å². The number of anilines is 1. The van der Waals surface area contributed by atoms with Crippen LogP contribution >= 0.6 is 0 Å². The van der Waals surface area contributed by atoms with E-state index in [1.807, 2.05) is 0 Å². The Morgan fingerprint density at radius 3 is 2.14 bits per heavy atom. The smallest absolute Gasteiger partial charge is 0.264 e. The van der Waals surface area contributed by atoms with Crippen LogP contribution in [0, 0.1) is 23.3 Å². The second kappa shape index (κ2) is 6.46. The van der Waals surface area contributed by atoms with Gasteiger partial charge in [0.05, 0.1) is 0 Å². The SMILES string of the molecule is CN(C(=O)COc1c(F)c(F)cc(F)c1F)c1ccccc1. The number of rotatable bonds is 4. The van der Waals surface area contributed by atoms with Crippen LogP contribution in [0.5, 0.6) is 5.75 Å². The van der Waals surface area contributed by atoms with E-state index in [-0.39, 0.29) is 6.07 Å². The van der Waals surface area contributed by atoms with Gasteiger partial charge in [-0.1, -0.05) is 18.2 Å². The molecule has 0 aromatic heterocycles. The number of amides is 1. The fourth-order valence-corrected chi connectivity index (χ4v) is 1.70. The third-order valence-corrected chi connectivity index (χ3v) is 2.93. The molecule has 0 radical (unpaired) electrons. The van der Waals surface area contributed by atoms with E-state index < -0.39 is 41.5 Å². The number of ether oxygens (including phenoxy) is 1. The summed E-state index contributed by atoms with van der Waals surface area (Å²) in [5, 5.41) is 0. The number of halogens is 4. The molecule has 7 heteroatoms. The van der Waals surface area contributed by atoms with Gasteiger partial charge in [0.2, 0.25) is 11.6 Å². The van der Waals surface area contributed by atoms with Crippen LogP contribution in [0.25, 0.3) is 0 Å². The summed E-state index contributed by atoms with van der Waals surface area (Å²) in [6.45, 7) is -0.776. The van der Waals surface area contributed by atoms with Crippen LogP contribution in [0.4, 0.5) is 23.2 Å². The molecule has 0 unspecified atom stereocenters. The molecule has 1 amide bonds. The second-order valence-corrected chi connectivity index (χ2v) is 4.37. The summed E-state index contributed by atoms with van der Waals surface area (Å²) < 4.78 is 57.4. The van der Waals surface area contributed by atoms with Crippen molar-refractivity contribution < 1.29 is 27.1 Å². The minimum atomic E-state index is -1.69. The first-order valence-electron chi connectivity index (χ1n) is 6.19. The Hall–Kier alpha value is -2.57. The van der Waals surface area contributed by atoms with Gasteiger partial charge in [0, 0.05) is 18.8 Å². The number of nitrogens with zero attached hydrogens (tertiary/aromatic N) is 1. The zero-order chi connectivity index (χ0) is 16.3. The predicted octanol–water partition coefficient (Wildman–Crippen LogP) is 3.28. The van der Waals surface area contributed by atoms with Crippen LogP contribution in [0.1, 0.15) is 0 Å². The maximum absolute atomic E-state index is 13.4. The van der Waals surface area contributed by atoms with Gasteiger partial charge in [-0.2, -0.15) is 8.78 Å². The van der Waals surface area contributed by atoms with Crippen molar-refractivity contribution in [3.63, 3.8) is 0 Å². The quantitative estimate of drug-likeness (QED) is 0.640. The van der Waals surface area contributed by atoms with Crippen molar-refractivity contribution in [2.75, 3.05) is 18.6 Å². The molecule has 2 aromatic carbocycles. The highest BCUT2D eigenvalue weighted by atomic mass is 19.2. The molecule has 0 heterocycles. The van der Waals surface area contributed by atoms with Gasteiger partial charge in [-0.3, -0.25) is 4.79 Å². The number of benzene rings is 2. The molecule has 0 saturated heterocycles. The van der Waals surface area contributed by atoms with Crippen molar-refractivity contribution >= 4 is 11.6 Å². The van der Waals surface area contributed by atoms with Crippen LogP contribution in [0.2, 0.25) is 0 Å². The Labute approximate surface area is 123 Å². The van der Waals surface area contributed by atoms with E-state index in [9.17, 15) is 22.4 Å². The van der Waals surface area contributed by atoms with Crippen molar-refractivity contribution in [1.82, 2.24) is 0 Å². The van der Waals surface area contributed by atoms with Crippen molar-refractivity contribution in [3.8, 4) is 5.75 Å². The number of hydrogen-bond donors (Lipinski definition) is 0. The van der Waals surface area contributed by atoms with Gasteiger partial charge in [0.25, 0.3) is 5.91 Å². The fraction of sp³-hybridized carbons (Fsp3) is 0.133. The molecule has 0 bridgehead atoms. The summed E-state index contributed by atoms with van der Waals surface area (Å²) in [4.78, 5) is 13.1. The van der Waals surface area contributed by atoms with Crippen molar-refractivity contribution in [2.45, 2.75) is 0 Å². The summed E-state index contributed by atoms with van der Waals surface area (Å²) in [6.07, 6.45) is 0. The Morgan fingerprint density at radius 2 is 1.59 bits per heavy atom. The maximum atomic E-state index is 13.4. The van der Waals surface area contributed by atoms with E-state index in [0.29, 0.717) is 5.69 Å². The van der Waals surface area contributed by atoms with Gasteiger partial charge in [-0.05, 0) is 12.1 Å². The second-order valence-electron chi connectivity index (χ2n) is 4.37. The van der Waals surface area contributed by atoms with E-state index in [2.05, 4.69) is 4.74 Å². The summed E-state index contributed by atoms with van der Waals surface area (Å²) in [7, 11) is 1.43. The lowest BCUT2D eigenvalue weighted by Crippen LogP contribution is -2.31. The number of para-hydroxylation sites is 1. The molecule has 0 atom stereocenters. The molecule has 116 valence electrons. The molecule has 0 spiro atoms. The van der Waals surface area contributed by atoms with E-state index in [4.69, 9.17) is 0 Å². The largest absolute Gasteiger partial charge is 0.477 e. The average Bonchev–Trinajstić information content (AvgIpc) is 2.53. The lowest BCUT2D eigenvalue weighted by atomic mass is 10.3. The van der Waals surface area contributed by atoms with Gasteiger partial charge >= 0.3 is 0 Å². The molecule has 0 N–H and O–H groups in total. The molecule has 0 aliphatic heterocycles. The number of carbonyl (C=O) groups excluding carboxylic acids is 1. The van der Waals surface area contributed by atoms with Crippen LogP contribution in [-0.4, -0.2) is 19.6 Å². The van der Waals surface area contributed by atoms with E-state index in [1.165, 1.54) is 11.9 Å². The molecule has 0 aliphatic carbocycles. The first-order valence-corrected chi connectivity index (χ1v) is 6.19. The predicted molar refractivity (Wildman–Crippen MR) is 71.6 cm³/mol. The molecule has 0 aliphatic rings. The first-order chi connectivity index (χ1) is 10.4. The molecule has 3 nitrogen and oxygen atoms in total. The Morgan fingerprint density at radius 1 is 1.05 bits per heavy atom. The molecular formula is C15H11F4NO2. The topological polar surface area (TPSA) is 29.5 Å². The number of likely N-dealkylation sites (N-methyl/N-ethyl adjacent to an activating group) is 1.